The molecule has 3 aromatic carbocycles. The molecule has 196 valence electrons. The quantitative estimate of drug-likeness (QED) is 0.418. The Morgan fingerprint density at radius 2 is 1.68 bits per heavy atom. The van der Waals surface area contributed by atoms with E-state index in [1.165, 1.54) is 12.1 Å². The summed E-state index contributed by atoms with van der Waals surface area (Å²) in [4.78, 5) is 15.4. The van der Waals surface area contributed by atoms with Crippen molar-refractivity contribution in [2.75, 3.05) is 27.8 Å². The molecule has 0 aliphatic carbocycles. The zero-order valence-electron chi connectivity index (χ0n) is 21.1. The molecule has 4 rings (SSSR count). The fourth-order valence-corrected chi connectivity index (χ4v) is 5.11. The summed E-state index contributed by atoms with van der Waals surface area (Å²) in [5.41, 5.74) is 3.15. The summed E-state index contributed by atoms with van der Waals surface area (Å²) in [5.74, 6) is 1.12. The Morgan fingerprint density at radius 1 is 1.03 bits per heavy atom. The van der Waals surface area contributed by atoms with Crippen LogP contribution in [0.25, 0.3) is 0 Å². The first-order valence-electron chi connectivity index (χ1n) is 12.2. The molecule has 0 fully saturated rings. The van der Waals surface area contributed by atoms with E-state index in [0.29, 0.717) is 37.3 Å². The van der Waals surface area contributed by atoms with Crippen LogP contribution >= 0.6 is 0 Å². The van der Waals surface area contributed by atoms with Crippen molar-refractivity contribution in [3.05, 3.63) is 94.5 Å². The number of carbonyl (C=O) groups is 1. The molecule has 1 heterocycles. The second-order valence-electron chi connectivity index (χ2n) is 9.07. The molecular formula is C29H31F3N2O3. The van der Waals surface area contributed by atoms with Crippen LogP contribution in [-0.2, 0) is 23.8 Å². The average Bonchev–Trinajstić information content (AvgIpc) is 2.91. The van der Waals surface area contributed by atoms with Crippen LogP contribution in [0.5, 0.6) is 11.5 Å². The van der Waals surface area contributed by atoms with Crippen molar-refractivity contribution in [3.63, 3.8) is 0 Å². The lowest BCUT2D eigenvalue weighted by Gasteiger charge is -2.42. The standard InChI is InChI=1S/C29H31F3N2O3/c1-33-28(35)27(20-7-5-4-6-8-20)34-16-15-21-17-25(36-2)26(37-3)18-23(21)24(34)14-11-19-9-12-22(13-10-19)29(30,31)32/h4-10,12-13,17-18,24,27H,11,14-16H2,1-3H3,(H,33,35)/t24-,27?/m1/s1. The Morgan fingerprint density at radius 3 is 2.27 bits per heavy atom. The van der Waals surface area contributed by atoms with Crippen LogP contribution < -0.4 is 14.8 Å². The van der Waals surface area contributed by atoms with Gasteiger partial charge < -0.3 is 14.8 Å². The van der Waals surface area contributed by atoms with E-state index in [2.05, 4.69) is 10.2 Å². The number of amides is 1. The van der Waals surface area contributed by atoms with E-state index in [4.69, 9.17) is 9.47 Å². The molecule has 2 atom stereocenters. The van der Waals surface area contributed by atoms with E-state index in [1.807, 2.05) is 42.5 Å². The van der Waals surface area contributed by atoms with Crippen LogP contribution in [0.4, 0.5) is 13.2 Å². The SMILES string of the molecule is CNC(=O)C(c1ccccc1)N1CCc2cc(OC)c(OC)cc2[C@H]1CCc1ccc(C(F)(F)F)cc1. The minimum absolute atomic E-state index is 0.116. The van der Waals surface area contributed by atoms with Crippen LogP contribution in [0.2, 0.25) is 0 Å². The van der Waals surface area contributed by atoms with Gasteiger partial charge in [0.1, 0.15) is 6.04 Å². The Kier molecular flexibility index (Phi) is 8.07. The first-order chi connectivity index (χ1) is 17.8. The van der Waals surface area contributed by atoms with Crippen LogP contribution in [0.15, 0.2) is 66.7 Å². The van der Waals surface area contributed by atoms with E-state index in [0.717, 1.165) is 34.4 Å². The van der Waals surface area contributed by atoms with Crippen molar-refractivity contribution in [3.8, 4) is 11.5 Å². The highest BCUT2D eigenvalue weighted by molar-refractivity contribution is 5.83. The molecule has 5 nitrogen and oxygen atoms in total. The Bertz CT molecular complexity index is 1210. The number of rotatable bonds is 8. The Labute approximate surface area is 215 Å². The molecule has 3 aromatic rings. The largest absolute Gasteiger partial charge is 0.493 e. The van der Waals surface area contributed by atoms with Gasteiger partial charge >= 0.3 is 6.18 Å². The maximum absolute atomic E-state index is 13.2. The number of aryl methyl sites for hydroxylation is 1. The van der Waals surface area contributed by atoms with Gasteiger partial charge in [-0.25, -0.2) is 0 Å². The molecule has 8 heteroatoms. The highest BCUT2D eigenvalue weighted by Crippen LogP contribution is 2.43. The van der Waals surface area contributed by atoms with Gasteiger partial charge in [-0.15, -0.1) is 0 Å². The van der Waals surface area contributed by atoms with Gasteiger partial charge in [-0.05, 0) is 65.8 Å². The molecule has 1 aliphatic rings. The van der Waals surface area contributed by atoms with Gasteiger partial charge in [0, 0.05) is 19.6 Å². The molecular weight excluding hydrogens is 481 g/mol. The van der Waals surface area contributed by atoms with Gasteiger partial charge in [-0.3, -0.25) is 9.69 Å². The third-order valence-electron chi connectivity index (χ3n) is 6.97. The minimum Gasteiger partial charge on any atom is -0.493 e. The maximum atomic E-state index is 13.2. The molecule has 0 radical (unpaired) electrons. The Balaban J connectivity index is 1.73. The summed E-state index contributed by atoms with van der Waals surface area (Å²) in [7, 11) is 4.80. The number of carbonyl (C=O) groups excluding carboxylic acids is 1. The summed E-state index contributed by atoms with van der Waals surface area (Å²) in [5, 5.41) is 2.81. The number of methoxy groups -OCH3 is 2. The molecule has 1 N–H and O–H groups in total. The van der Waals surface area contributed by atoms with E-state index in [9.17, 15) is 18.0 Å². The monoisotopic (exact) mass is 512 g/mol. The number of nitrogens with zero attached hydrogens (tertiary/aromatic N) is 1. The maximum Gasteiger partial charge on any atom is 0.416 e. The van der Waals surface area contributed by atoms with Gasteiger partial charge in [0.25, 0.3) is 0 Å². The number of alkyl halides is 3. The molecule has 0 bridgehead atoms. The molecule has 1 aliphatic heterocycles. The summed E-state index contributed by atoms with van der Waals surface area (Å²) >= 11 is 0. The average molecular weight is 513 g/mol. The van der Waals surface area contributed by atoms with Gasteiger partial charge in [-0.2, -0.15) is 13.2 Å². The fraction of sp³-hybridized carbons (Fsp3) is 0.345. The minimum atomic E-state index is -4.37. The number of hydrogen-bond acceptors (Lipinski definition) is 4. The predicted octanol–water partition coefficient (Wildman–Crippen LogP) is 5.74. The first-order valence-corrected chi connectivity index (χ1v) is 12.2. The number of nitrogens with one attached hydrogen (secondary N) is 1. The lowest BCUT2D eigenvalue weighted by Crippen LogP contribution is -2.44. The van der Waals surface area contributed by atoms with Crippen molar-refractivity contribution in [2.24, 2.45) is 0 Å². The molecule has 0 saturated heterocycles. The van der Waals surface area contributed by atoms with Crippen LogP contribution in [0, 0.1) is 0 Å². The highest BCUT2D eigenvalue weighted by atomic mass is 19.4. The van der Waals surface area contributed by atoms with Crippen LogP contribution in [-0.4, -0.2) is 38.6 Å². The van der Waals surface area contributed by atoms with Gasteiger partial charge in [0.05, 0.1) is 19.8 Å². The lowest BCUT2D eigenvalue weighted by atomic mass is 9.86. The Hall–Kier alpha value is -3.52. The van der Waals surface area contributed by atoms with Gasteiger partial charge in [-0.1, -0.05) is 42.5 Å². The van der Waals surface area contributed by atoms with Crippen molar-refractivity contribution < 1.29 is 27.4 Å². The smallest absolute Gasteiger partial charge is 0.416 e. The number of ether oxygens (including phenoxy) is 2. The van der Waals surface area contributed by atoms with Crippen LogP contribution in [0.3, 0.4) is 0 Å². The number of likely N-dealkylation sites (N-methyl/N-ethyl adjacent to an activating group) is 1. The lowest BCUT2D eigenvalue weighted by molar-refractivity contribution is -0.137. The highest BCUT2D eigenvalue weighted by Gasteiger charge is 2.37. The molecule has 0 saturated carbocycles. The van der Waals surface area contributed by atoms with Crippen molar-refractivity contribution >= 4 is 5.91 Å². The summed E-state index contributed by atoms with van der Waals surface area (Å²) in [6.45, 7) is 0.632. The fourth-order valence-electron chi connectivity index (χ4n) is 5.11. The molecule has 37 heavy (non-hydrogen) atoms. The third kappa shape index (κ3) is 5.74. The van der Waals surface area contributed by atoms with E-state index in [1.54, 1.807) is 21.3 Å². The van der Waals surface area contributed by atoms with E-state index in [-0.39, 0.29) is 11.9 Å². The molecule has 0 spiro atoms. The summed E-state index contributed by atoms with van der Waals surface area (Å²) < 4.78 is 50.2. The third-order valence-corrected chi connectivity index (χ3v) is 6.97. The van der Waals surface area contributed by atoms with Gasteiger partial charge in [0.2, 0.25) is 5.91 Å². The molecule has 1 unspecified atom stereocenters. The van der Waals surface area contributed by atoms with Crippen molar-refractivity contribution in [1.29, 1.82) is 0 Å². The van der Waals surface area contributed by atoms with E-state index >= 15 is 0 Å². The number of halogens is 3. The zero-order valence-corrected chi connectivity index (χ0v) is 21.1. The van der Waals surface area contributed by atoms with Crippen molar-refractivity contribution in [2.45, 2.75) is 37.5 Å². The molecule has 1 amide bonds. The first kappa shape index (κ1) is 26.5. The van der Waals surface area contributed by atoms with Crippen LogP contribution in [0.1, 0.15) is 46.3 Å². The molecule has 0 aromatic heterocycles. The van der Waals surface area contributed by atoms with E-state index < -0.39 is 17.8 Å². The number of hydrogen-bond donors (Lipinski definition) is 1. The second-order valence-corrected chi connectivity index (χ2v) is 9.07. The topological polar surface area (TPSA) is 50.8 Å². The van der Waals surface area contributed by atoms with Gasteiger partial charge in [0.15, 0.2) is 11.5 Å². The number of benzene rings is 3. The predicted molar refractivity (Wildman–Crippen MR) is 136 cm³/mol. The zero-order chi connectivity index (χ0) is 26.6. The summed E-state index contributed by atoms with van der Waals surface area (Å²) in [6.07, 6.45) is -2.51. The second kappa shape index (κ2) is 11.3. The summed E-state index contributed by atoms with van der Waals surface area (Å²) in [6, 6.07) is 18.2. The normalized spacial score (nSPS) is 16.5. The number of fused-ring (bicyclic) bond motifs is 1. The van der Waals surface area contributed by atoms with Crippen molar-refractivity contribution in [1.82, 2.24) is 10.2 Å².